The van der Waals surface area contributed by atoms with Crippen LogP contribution in [-0.4, -0.2) is 38.2 Å². The molecule has 0 fully saturated rings. The number of nitrogens with zero attached hydrogens (tertiary/aromatic N) is 1. The van der Waals surface area contributed by atoms with Crippen LogP contribution in [0.5, 0.6) is 0 Å². The highest BCUT2D eigenvalue weighted by molar-refractivity contribution is 5.80. The molecule has 0 saturated carbocycles. The maximum absolute atomic E-state index is 9.84. The number of carbonyl (C=O) groups is 1. The van der Waals surface area contributed by atoms with E-state index < -0.39 is 5.97 Å². The number of carbonyl (C=O) groups excluding carboxylic acids is 1. The van der Waals surface area contributed by atoms with Crippen LogP contribution in [0.25, 0.3) is 0 Å². The average Bonchev–Trinajstić information content (AvgIpc) is 2.79. The lowest BCUT2D eigenvalue weighted by Crippen LogP contribution is -2.39. The van der Waals surface area contributed by atoms with Gasteiger partial charge in [-0.1, -0.05) is 121 Å². The second-order valence-electron chi connectivity index (χ2n) is 9.63. The molecular weight excluding hydrogens is 394 g/mol. The topological polar surface area (TPSA) is 26.3 Å². The van der Waals surface area contributed by atoms with Crippen molar-refractivity contribution in [3.8, 4) is 0 Å². The summed E-state index contributed by atoms with van der Waals surface area (Å²) in [6.45, 7) is 7.90. The Bertz CT molecular complexity index is 554. The summed E-state index contributed by atoms with van der Waals surface area (Å²) < 4.78 is 5.26. The van der Waals surface area contributed by atoms with Crippen molar-refractivity contribution in [2.24, 2.45) is 0 Å². The minimum absolute atomic E-state index is 0.394. The zero-order valence-electron chi connectivity index (χ0n) is 21.7. The van der Waals surface area contributed by atoms with Gasteiger partial charge in [-0.15, -0.1) is 0 Å². The summed E-state index contributed by atoms with van der Waals surface area (Å²) in [7, 11) is 6.05. The predicted octanol–water partition coefficient (Wildman–Crippen LogP) is 8.09. The van der Waals surface area contributed by atoms with Gasteiger partial charge in [-0.3, -0.25) is 0 Å². The third-order valence-electron chi connectivity index (χ3n) is 5.94. The number of quaternary nitrogens is 1. The van der Waals surface area contributed by atoms with Crippen molar-refractivity contribution in [2.45, 2.75) is 103 Å². The van der Waals surface area contributed by atoms with Crippen LogP contribution in [-0.2, 0) is 16.1 Å². The molecule has 0 amide bonds. The third kappa shape index (κ3) is 20.3. The fourth-order valence-corrected chi connectivity index (χ4v) is 3.97. The Morgan fingerprint density at radius 3 is 1.62 bits per heavy atom. The Morgan fingerprint density at radius 2 is 1.25 bits per heavy atom. The van der Waals surface area contributed by atoms with Gasteiger partial charge in [0.15, 0.2) is 0 Å². The molecule has 3 heteroatoms. The number of esters is 1. The van der Waals surface area contributed by atoms with Crippen LogP contribution < -0.4 is 0 Å². The number of hydrogen-bond acceptors (Lipinski definition) is 2. The SMILES string of the molecule is C=CC(=O)OC.CCCCCCCCCCCCCCCC[N+](C)(C)Cc1ccccc1. The molecule has 1 rings (SSSR count). The van der Waals surface area contributed by atoms with Crippen LogP contribution in [0.1, 0.15) is 102 Å². The Morgan fingerprint density at radius 1 is 0.812 bits per heavy atom. The largest absolute Gasteiger partial charge is 0.466 e. The van der Waals surface area contributed by atoms with Gasteiger partial charge in [0.05, 0.1) is 27.7 Å². The second-order valence-corrected chi connectivity index (χ2v) is 9.63. The molecular formula is C29H52NO2+. The first-order valence-electron chi connectivity index (χ1n) is 13.0. The first-order valence-corrected chi connectivity index (χ1v) is 13.0. The Labute approximate surface area is 199 Å². The van der Waals surface area contributed by atoms with Crippen LogP contribution in [0.4, 0.5) is 0 Å². The molecule has 0 aliphatic carbocycles. The molecule has 0 radical (unpaired) electrons. The van der Waals surface area contributed by atoms with Gasteiger partial charge in [0.2, 0.25) is 0 Å². The summed E-state index contributed by atoms with van der Waals surface area (Å²) >= 11 is 0. The van der Waals surface area contributed by atoms with Crippen molar-refractivity contribution in [1.82, 2.24) is 0 Å². The van der Waals surface area contributed by atoms with Crippen molar-refractivity contribution >= 4 is 5.97 Å². The van der Waals surface area contributed by atoms with Gasteiger partial charge in [-0.2, -0.15) is 0 Å². The van der Waals surface area contributed by atoms with Crippen LogP contribution in [0.15, 0.2) is 43.0 Å². The highest BCUT2D eigenvalue weighted by atomic mass is 16.5. The molecule has 32 heavy (non-hydrogen) atoms. The number of ether oxygens (including phenoxy) is 1. The van der Waals surface area contributed by atoms with Gasteiger partial charge in [0.25, 0.3) is 0 Å². The van der Waals surface area contributed by atoms with Crippen molar-refractivity contribution < 1.29 is 14.0 Å². The summed E-state index contributed by atoms with van der Waals surface area (Å²) in [5, 5.41) is 0. The average molecular weight is 447 g/mol. The van der Waals surface area contributed by atoms with E-state index in [1.807, 2.05) is 0 Å². The van der Waals surface area contributed by atoms with E-state index in [9.17, 15) is 4.79 Å². The van der Waals surface area contributed by atoms with E-state index in [2.05, 4.69) is 62.7 Å². The van der Waals surface area contributed by atoms with Crippen LogP contribution in [0.2, 0.25) is 0 Å². The number of unbranched alkanes of at least 4 members (excludes halogenated alkanes) is 13. The minimum Gasteiger partial charge on any atom is -0.466 e. The molecule has 0 bridgehead atoms. The normalized spacial score (nSPS) is 10.9. The first kappa shape index (κ1) is 30.4. The Balaban J connectivity index is 0.00000140. The van der Waals surface area contributed by atoms with Gasteiger partial charge in [0, 0.05) is 11.6 Å². The first-order chi connectivity index (χ1) is 15.4. The van der Waals surface area contributed by atoms with Crippen molar-refractivity contribution in [1.29, 1.82) is 0 Å². The molecule has 1 aromatic rings. The molecule has 0 aromatic heterocycles. The number of benzene rings is 1. The smallest absolute Gasteiger partial charge is 0.329 e. The van der Waals surface area contributed by atoms with Crippen molar-refractivity contribution in [3.05, 3.63) is 48.6 Å². The maximum Gasteiger partial charge on any atom is 0.329 e. The van der Waals surface area contributed by atoms with E-state index in [0.717, 1.165) is 17.1 Å². The highest BCUT2D eigenvalue weighted by Gasteiger charge is 2.14. The molecule has 3 nitrogen and oxygen atoms in total. The lowest BCUT2D eigenvalue weighted by molar-refractivity contribution is -0.903. The molecule has 0 N–H and O–H groups in total. The van der Waals surface area contributed by atoms with Crippen LogP contribution in [0.3, 0.4) is 0 Å². The Kier molecular flexibility index (Phi) is 20.2. The van der Waals surface area contributed by atoms with Gasteiger partial charge in [-0.05, 0) is 12.8 Å². The van der Waals surface area contributed by atoms with Gasteiger partial charge in [0.1, 0.15) is 6.54 Å². The summed E-state index contributed by atoms with van der Waals surface area (Å²) in [5.41, 5.74) is 1.46. The quantitative estimate of drug-likeness (QED) is 0.0985. The van der Waals surface area contributed by atoms with E-state index in [0.29, 0.717) is 0 Å². The molecule has 1 aromatic carbocycles. The number of rotatable bonds is 18. The monoisotopic (exact) mass is 446 g/mol. The number of hydrogen-bond donors (Lipinski definition) is 0. The van der Waals surface area contributed by atoms with Crippen molar-refractivity contribution in [2.75, 3.05) is 27.7 Å². The molecule has 0 spiro atoms. The van der Waals surface area contributed by atoms with Crippen LogP contribution in [0, 0.1) is 0 Å². The van der Waals surface area contributed by atoms with E-state index in [1.54, 1.807) is 0 Å². The van der Waals surface area contributed by atoms with Gasteiger partial charge in [-0.25, -0.2) is 4.79 Å². The summed E-state index contributed by atoms with van der Waals surface area (Å²) in [6.07, 6.45) is 21.3. The highest BCUT2D eigenvalue weighted by Crippen LogP contribution is 2.15. The van der Waals surface area contributed by atoms with Crippen molar-refractivity contribution in [3.63, 3.8) is 0 Å². The molecule has 0 aliphatic rings. The number of methoxy groups -OCH3 is 1. The van der Waals surface area contributed by atoms with E-state index in [-0.39, 0.29) is 0 Å². The summed E-state index contributed by atoms with van der Waals surface area (Å²) in [6, 6.07) is 10.9. The molecule has 0 aliphatic heterocycles. The molecule has 0 saturated heterocycles. The lowest BCUT2D eigenvalue weighted by Gasteiger charge is -2.30. The van der Waals surface area contributed by atoms with Gasteiger partial charge >= 0.3 is 5.97 Å². The minimum atomic E-state index is -0.394. The van der Waals surface area contributed by atoms with Gasteiger partial charge < -0.3 is 9.22 Å². The zero-order valence-corrected chi connectivity index (χ0v) is 21.7. The summed E-state index contributed by atoms with van der Waals surface area (Å²) in [5.74, 6) is -0.394. The van der Waals surface area contributed by atoms with E-state index in [1.165, 1.54) is 109 Å². The molecule has 0 heterocycles. The fraction of sp³-hybridized carbons (Fsp3) is 0.690. The van der Waals surface area contributed by atoms with E-state index in [4.69, 9.17) is 0 Å². The molecule has 184 valence electrons. The predicted molar refractivity (Wildman–Crippen MR) is 140 cm³/mol. The van der Waals surface area contributed by atoms with Crippen LogP contribution >= 0.6 is 0 Å². The summed E-state index contributed by atoms with van der Waals surface area (Å²) in [4.78, 5) is 9.84. The maximum atomic E-state index is 9.84. The molecule has 0 unspecified atom stereocenters. The third-order valence-corrected chi connectivity index (χ3v) is 5.94. The lowest BCUT2D eigenvalue weighted by atomic mass is 10.0. The second kappa shape index (κ2) is 21.2. The zero-order chi connectivity index (χ0) is 23.9. The Hall–Kier alpha value is -1.61. The van der Waals surface area contributed by atoms with E-state index >= 15 is 0 Å². The standard InChI is InChI=1S/C25H46N.C4H6O2/c1-4-5-6-7-8-9-10-11-12-13-14-15-16-20-23-26(2,3)24-25-21-18-17-19-22-25;1-3-4(5)6-2/h17-19,21-22H,4-16,20,23-24H2,1-3H3;3H,1H2,2H3/q+1;. The fourth-order valence-electron chi connectivity index (χ4n) is 3.97. The molecule has 0 atom stereocenters.